The van der Waals surface area contributed by atoms with Gasteiger partial charge < -0.3 is 16.8 Å². The molecule has 1 unspecified atom stereocenters. The standard InChI is InChI=1S/C20H35N3O/c1-6-12-20(22,13-16-10-8-7-9-11-16)19(4,5)17(18(21)24)23-14-15(2)3/h7-11,15,17,23H,6,12-14,22H2,1-5H3,(H2,21,24)/t17-,20?/m1/s1. The number of nitrogens with two attached hydrogens (primary N) is 2. The zero-order valence-electron chi connectivity index (χ0n) is 15.9. The van der Waals surface area contributed by atoms with Crippen LogP contribution in [0, 0.1) is 11.3 Å². The Morgan fingerprint density at radius 1 is 1.21 bits per heavy atom. The summed E-state index contributed by atoms with van der Waals surface area (Å²) in [5.41, 5.74) is 12.8. The molecular weight excluding hydrogens is 298 g/mol. The molecule has 2 atom stereocenters. The Labute approximate surface area is 147 Å². The zero-order chi connectivity index (χ0) is 18.4. The molecule has 1 rings (SSSR count). The van der Waals surface area contributed by atoms with Crippen LogP contribution in [0.25, 0.3) is 0 Å². The van der Waals surface area contributed by atoms with Crippen molar-refractivity contribution in [3.8, 4) is 0 Å². The Morgan fingerprint density at radius 3 is 2.25 bits per heavy atom. The second-order valence-electron chi connectivity index (χ2n) is 7.93. The molecule has 0 heterocycles. The van der Waals surface area contributed by atoms with Crippen LogP contribution in [0.4, 0.5) is 0 Å². The Kier molecular flexibility index (Phi) is 7.43. The molecule has 0 aliphatic carbocycles. The summed E-state index contributed by atoms with van der Waals surface area (Å²) >= 11 is 0. The molecule has 0 bridgehead atoms. The van der Waals surface area contributed by atoms with Crippen LogP contribution < -0.4 is 16.8 Å². The summed E-state index contributed by atoms with van der Waals surface area (Å²) in [7, 11) is 0. The van der Waals surface area contributed by atoms with E-state index >= 15 is 0 Å². The topological polar surface area (TPSA) is 81.1 Å². The summed E-state index contributed by atoms with van der Waals surface area (Å²) in [5.74, 6) is 0.106. The van der Waals surface area contributed by atoms with Gasteiger partial charge in [0.15, 0.2) is 0 Å². The third kappa shape index (κ3) is 5.05. The van der Waals surface area contributed by atoms with Gasteiger partial charge in [-0.25, -0.2) is 0 Å². The van der Waals surface area contributed by atoms with Crippen LogP contribution in [0.15, 0.2) is 30.3 Å². The minimum absolute atomic E-state index is 0.334. The quantitative estimate of drug-likeness (QED) is 0.616. The summed E-state index contributed by atoms with van der Waals surface area (Å²) in [5, 5.41) is 3.35. The third-order valence-electron chi connectivity index (χ3n) is 5.08. The number of nitrogens with one attached hydrogen (secondary N) is 1. The number of benzene rings is 1. The largest absolute Gasteiger partial charge is 0.368 e. The van der Waals surface area contributed by atoms with Crippen molar-refractivity contribution < 1.29 is 4.79 Å². The van der Waals surface area contributed by atoms with Gasteiger partial charge in [0, 0.05) is 11.0 Å². The highest BCUT2D eigenvalue weighted by atomic mass is 16.1. The van der Waals surface area contributed by atoms with Crippen LogP contribution in [0.3, 0.4) is 0 Å². The minimum atomic E-state index is -0.521. The maximum atomic E-state index is 12.2. The Bertz CT molecular complexity index is 513. The summed E-state index contributed by atoms with van der Waals surface area (Å²) in [4.78, 5) is 12.2. The maximum Gasteiger partial charge on any atom is 0.235 e. The van der Waals surface area contributed by atoms with E-state index in [0.717, 1.165) is 25.8 Å². The van der Waals surface area contributed by atoms with Crippen LogP contribution in [0.2, 0.25) is 0 Å². The number of carbonyl (C=O) groups is 1. The van der Waals surface area contributed by atoms with Crippen molar-refractivity contribution in [1.82, 2.24) is 5.32 Å². The highest BCUT2D eigenvalue weighted by molar-refractivity contribution is 5.81. The van der Waals surface area contributed by atoms with Crippen molar-refractivity contribution in [2.24, 2.45) is 22.8 Å². The van der Waals surface area contributed by atoms with Gasteiger partial charge in [-0.05, 0) is 30.9 Å². The summed E-state index contributed by atoms with van der Waals surface area (Å²) in [6, 6.07) is 9.78. The number of hydrogen-bond acceptors (Lipinski definition) is 3. The molecule has 0 aromatic heterocycles. The van der Waals surface area contributed by atoms with Gasteiger partial charge in [-0.3, -0.25) is 4.79 Å². The molecule has 0 saturated carbocycles. The fraction of sp³-hybridized carbons (Fsp3) is 0.650. The molecule has 0 saturated heterocycles. The SMILES string of the molecule is CCCC(N)(Cc1ccccc1)C(C)(C)[C@H](NCC(C)C)C(N)=O. The van der Waals surface area contributed by atoms with E-state index in [0.29, 0.717) is 5.92 Å². The van der Waals surface area contributed by atoms with Gasteiger partial charge in [0.25, 0.3) is 0 Å². The van der Waals surface area contributed by atoms with Gasteiger partial charge in [-0.15, -0.1) is 0 Å². The summed E-state index contributed by atoms with van der Waals surface area (Å²) < 4.78 is 0. The lowest BCUT2D eigenvalue weighted by Gasteiger charge is -2.48. The Balaban J connectivity index is 3.14. The van der Waals surface area contributed by atoms with Gasteiger partial charge in [0.2, 0.25) is 5.91 Å². The van der Waals surface area contributed by atoms with E-state index in [9.17, 15) is 4.79 Å². The predicted molar refractivity (Wildman–Crippen MR) is 102 cm³/mol. The number of rotatable bonds is 10. The molecule has 0 radical (unpaired) electrons. The van der Waals surface area contributed by atoms with Crippen LogP contribution >= 0.6 is 0 Å². The van der Waals surface area contributed by atoms with E-state index in [1.807, 2.05) is 18.2 Å². The molecule has 1 amide bonds. The molecule has 136 valence electrons. The van der Waals surface area contributed by atoms with E-state index in [-0.39, 0.29) is 5.91 Å². The number of hydrogen-bond donors (Lipinski definition) is 3. The first-order valence-electron chi connectivity index (χ1n) is 8.99. The molecule has 5 N–H and O–H groups in total. The molecule has 4 heteroatoms. The molecule has 0 aliphatic rings. The van der Waals surface area contributed by atoms with Gasteiger partial charge in [0.1, 0.15) is 0 Å². The maximum absolute atomic E-state index is 12.2. The van der Waals surface area contributed by atoms with E-state index in [1.54, 1.807) is 0 Å². The van der Waals surface area contributed by atoms with Crippen LogP contribution in [0.1, 0.15) is 53.0 Å². The van der Waals surface area contributed by atoms with Gasteiger partial charge in [-0.2, -0.15) is 0 Å². The average Bonchev–Trinajstić information content (AvgIpc) is 2.47. The van der Waals surface area contributed by atoms with Crippen molar-refractivity contribution in [2.45, 2.75) is 65.5 Å². The van der Waals surface area contributed by atoms with Gasteiger partial charge in [-0.1, -0.05) is 71.4 Å². The highest BCUT2D eigenvalue weighted by Crippen LogP contribution is 2.38. The molecule has 1 aromatic carbocycles. The number of amides is 1. The Hall–Kier alpha value is -1.39. The first kappa shape index (κ1) is 20.7. The van der Waals surface area contributed by atoms with E-state index in [1.165, 1.54) is 5.56 Å². The minimum Gasteiger partial charge on any atom is -0.368 e. The normalized spacial score (nSPS) is 16.0. The molecule has 24 heavy (non-hydrogen) atoms. The molecular formula is C20H35N3O. The van der Waals surface area contributed by atoms with Crippen LogP contribution in [0.5, 0.6) is 0 Å². The van der Waals surface area contributed by atoms with Crippen LogP contribution in [-0.4, -0.2) is 24.0 Å². The number of primary amides is 1. The summed E-state index contributed by atoms with van der Waals surface area (Å²) in [6.07, 6.45) is 2.52. The smallest absolute Gasteiger partial charge is 0.235 e. The van der Waals surface area contributed by atoms with E-state index in [2.05, 4.69) is 52.1 Å². The fourth-order valence-electron chi connectivity index (χ4n) is 3.40. The first-order valence-corrected chi connectivity index (χ1v) is 8.99. The van der Waals surface area contributed by atoms with Crippen molar-refractivity contribution in [2.75, 3.05) is 6.54 Å². The fourth-order valence-corrected chi connectivity index (χ4v) is 3.40. The second-order valence-corrected chi connectivity index (χ2v) is 7.93. The molecule has 0 fully saturated rings. The Morgan fingerprint density at radius 2 is 1.79 bits per heavy atom. The average molecular weight is 334 g/mol. The molecule has 4 nitrogen and oxygen atoms in total. The summed E-state index contributed by atoms with van der Waals surface area (Å²) in [6.45, 7) is 11.2. The van der Waals surface area contributed by atoms with Crippen LogP contribution in [-0.2, 0) is 11.2 Å². The van der Waals surface area contributed by atoms with Crippen molar-refractivity contribution in [3.63, 3.8) is 0 Å². The number of carbonyl (C=O) groups excluding carboxylic acids is 1. The van der Waals surface area contributed by atoms with Crippen molar-refractivity contribution >= 4 is 5.91 Å². The third-order valence-corrected chi connectivity index (χ3v) is 5.08. The lowest BCUT2D eigenvalue weighted by molar-refractivity contribution is -0.124. The van der Waals surface area contributed by atoms with E-state index < -0.39 is 17.0 Å². The predicted octanol–water partition coefficient (Wildman–Crippen LogP) is 2.85. The van der Waals surface area contributed by atoms with Crippen molar-refractivity contribution in [3.05, 3.63) is 35.9 Å². The second kappa shape index (κ2) is 8.63. The first-order chi connectivity index (χ1) is 11.1. The lowest BCUT2D eigenvalue weighted by Crippen LogP contribution is -2.65. The lowest BCUT2D eigenvalue weighted by atomic mass is 9.63. The van der Waals surface area contributed by atoms with Gasteiger partial charge >= 0.3 is 0 Å². The molecule has 1 aromatic rings. The highest BCUT2D eigenvalue weighted by Gasteiger charge is 2.48. The molecule has 0 aliphatic heterocycles. The monoisotopic (exact) mass is 333 g/mol. The van der Waals surface area contributed by atoms with Crippen molar-refractivity contribution in [1.29, 1.82) is 0 Å². The van der Waals surface area contributed by atoms with Gasteiger partial charge in [0.05, 0.1) is 6.04 Å². The van der Waals surface area contributed by atoms with E-state index in [4.69, 9.17) is 11.5 Å². The molecule has 0 spiro atoms. The zero-order valence-corrected chi connectivity index (χ0v) is 15.9.